The number of benzene rings is 1. The molecule has 0 amide bonds. The largest absolute Gasteiger partial charge is 0.497 e. The summed E-state index contributed by atoms with van der Waals surface area (Å²) in [6.45, 7) is 12.1. The summed E-state index contributed by atoms with van der Waals surface area (Å²) in [6.07, 6.45) is 0.413. The van der Waals surface area contributed by atoms with E-state index in [4.69, 9.17) is 16.0 Å². The number of carboxylic acids is 1. The van der Waals surface area contributed by atoms with Crippen LogP contribution in [0.4, 0.5) is 10.7 Å². The number of hydrogen-bond donors (Lipinski definition) is 1. The van der Waals surface area contributed by atoms with E-state index in [1.165, 1.54) is 11.3 Å². The quantitative estimate of drug-likeness (QED) is 0.810. The number of hydrogen-bond acceptors (Lipinski definition) is 5. The third kappa shape index (κ3) is 3.52. The average Bonchev–Trinajstić information content (AvgIpc) is 3.02. The highest BCUT2D eigenvalue weighted by atomic mass is 32.1. The number of rotatable bonds is 5. The number of carbonyl (C=O) groups is 1. The van der Waals surface area contributed by atoms with Crippen LogP contribution in [0.15, 0.2) is 18.2 Å². The molecule has 0 bridgehead atoms. The van der Waals surface area contributed by atoms with E-state index in [-0.39, 0.29) is 4.88 Å². The van der Waals surface area contributed by atoms with Crippen molar-refractivity contribution in [3.8, 4) is 5.75 Å². The highest BCUT2D eigenvalue weighted by Gasteiger charge is 2.27. The van der Waals surface area contributed by atoms with Crippen molar-refractivity contribution < 1.29 is 19.4 Å². The molecule has 1 saturated heterocycles. The lowest BCUT2D eigenvalue weighted by Crippen LogP contribution is -2.35. The van der Waals surface area contributed by atoms with E-state index < -0.39 is 5.97 Å². The number of aryl methyl sites for hydroxylation is 1. The second kappa shape index (κ2) is 7.77. The Balaban J connectivity index is 2.03. The average molecular weight is 372 g/mol. The Bertz CT molecular complexity index is 863. The van der Waals surface area contributed by atoms with Crippen LogP contribution in [-0.4, -0.2) is 44.5 Å². The molecule has 2 aromatic rings. The van der Waals surface area contributed by atoms with Crippen LogP contribution in [0.5, 0.6) is 5.75 Å². The number of methoxy groups -OCH3 is 1. The standard InChI is InChI=1S/C19H20N2O4S/c1-12-10-14(24-3)5-4-13(12)11-15-16(20-2)18(26-17(15)19(22)23)21-6-8-25-9-7-21/h4-5,10H,6-9,11H2,1,3H3,(H,22,23). The number of carboxylic acid groups (broad SMARTS) is 1. The second-order valence-electron chi connectivity index (χ2n) is 6.05. The summed E-state index contributed by atoms with van der Waals surface area (Å²) in [7, 11) is 1.61. The van der Waals surface area contributed by atoms with E-state index >= 15 is 0 Å². The van der Waals surface area contributed by atoms with Gasteiger partial charge in [0.05, 0.1) is 31.9 Å². The van der Waals surface area contributed by atoms with E-state index in [0.717, 1.165) is 21.9 Å². The lowest BCUT2D eigenvalue weighted by atomic mass is 9.99. The lowest BCUT2D eigenvalue weighted by molar-refractivity contribution is 0.0701. The summed E-state index contributed by atoms with van der Waals surface area (Å²) < 4.78 is 10.6. The van der Waals surface area contributed by atoms with E-state index in [9.17, 15) is 9.90 Å². The molecule has 1 aromatic heterocycles. The summed E-state index contributed by atoms with van der Waals surface area (Å²) in [4.78, 5) is 17.8. The summed E-state index contributed by atoms with van der Waals surface area (Å²) in [5, 5.41) is 10.4. The minimum Gasteiger partial charge on any atom is -0.497 e. The highest BCUT2D eigenvalue weighted by Crippen LogP contribution is 2.44. The van der Waals surface area contributed by atoms with Gasteiger partial charge in [-0.15, -0.1) is 11.3 Å². The molecule has 1 N–H and O–H groups in total. The smallest absolute Gasteiger partial charge is 0.344 e. The zero-order valence-corrected chi connectivity index (χ0v) is 15.6. The molecule has 0 spiro atoms. The topological polar surface area (TPSA) is 63.4 Å². The molecule has 1 fully saturated rings. The first-order valence-electron chi connectivity index (χ1n) is 8.27. The highest BCUT2D eigenvalue weighted by molar-refractivity contribution is 7.18. The monoisotopic (exact) mass is 372 g/mol. The van der Waals surface area contributed by atoms with Gasteiger partial charge >= 0.3 is 5.97 Å². The Morgan fingerprint density at radius 2 is 2.15 bits per heavy atom. The predicted molar refractivity (Wildman–Crippen MR) is 101 cm³/mol. The SMILES string of the molecule is [C-]#[N+]c1c(N2CCOCC2)sc(C(=O)O)c1Cc1ccc(OC)cc1C. The van der Waals surface area contributed by atoms with Gasteiger partial charge in [0.25, 0.3) is 0 Å². The Hall–Kier alpha value is -2.56. The molecule has 6 nitrogen and oxygen atoms in total. The summed E-state index contributed by atoms with van der Waals surface area (Å²) in [5.41, 5.74) is 3.04. The van der Waals surface area contributed by atoms with Crippen LogP contribution in [0.1, 0.15) is 26.4 Å². The zero-order valence-electron chi connectivity index (χ0n) is 14.7. The van der Waals surface area contributed by atoms with E-state index in [0.29, 0.717) is 44.0 Å². The van der Waals surface area contributed by atoms with Crippen LogP contribution in [0.2, 0.25) is 0 Å². The molecule has 1 aromatic carbocycles. The zero-order chi connectivity index (χ0) is 18.7. The van der Waals surface area contributed by atoms with Crippen LogP contribution in [0.3, 0.4) is 0 Å². The number of thiophene rings is 1. The molecule has 0 unspecified atom stereocenters. The molecular formula is C19H20N2O4S. The van der Waals surface area contributed by atoms with Crippen LogP contribution in [-0.2, 0) is 11.2 Å². The van der Waals surface area contributed by atoms with Crippen molar-refractivity contribution in [1.29, 1.82) is 0 Å². The van der Waals surface area contributed by atoms with Gasteiger partial charge in [-0.2, -0.15) is 0 Å². The van der Waals surface area contributed by atoms with Crippen molar-refractivity contribution in [3.63, 3.8) is 0 Å². The van der Waals surface area contributed by atoms with Gasteiger partial charge in [0.1, 0.15) is 10.6 Å². The Kier molecular flexibility index (Phi) is 5.45. The van der Waals surface area contributed by atoms with E-state index in [1.807, 2.05) is 25.1 Å². The molecule has 0 saturated carbocycles. The van der Waals surface area contributed by atoms with Crippen LogP contribution in [0, 0.1) is 13.5 Å². The van der Waals surface area contributed by atoms with Crippen molar-refractivity contribution in [3.05, 3.63) is 51.2 Å². The number of nitrogens with zero attached hydrogens (tertiary/aromatic N) is 2. The van der Waals surface area contributed by atoms with Gasteiger partial charge in [-0.05, 0) is 42.2 Å². The third-order valence-electron chi connectivity index (χ3n) is 4.48. The number of anilines is 1. The van der Waals surface area contributed by atoms with Gasteiger partial charge in [-0.3, -0.25) is 0 Å². The lowest BCUT2D eigenvalue weighted by Gasteiger charge is -2.28. The minimum atomic E-state index is -0.986. The molecule has 0 aliphatic carbocycles. The molecule has 26 heavy (non-hydrogen) atoms. The maximum absolute atomic E-state index is 11.8. The summed E-state index contributed by atoms with van der Waals surface area (Å²) in [5.74, 6) is -0.227. The van der Waals surface area contributed by atoms with Gasteiger partial charge in [0.15, 0.2) is 0 Å². The third-order valence-corrected chi connectivity index (χ3v) is 5.75. The first-order chi connectivity index (χ1) is 12.5. The number of morpholine rings is 1. The number of aromatic carboxylic acids is 1. The Morgan fingerprint density at radius 1 is 1.42 bits per heavy atom. The number of ether oxygens (including phenoxy) is 2. The maximum atomic E-state index is 11.8. The fourth-order valence-corrected chi connectivity index (χ4v) is 4.21. The maximum Gasteiger partial charge on any atom is 0.344 e. The molecule has 0 radical (unpaired) electrons. The van der Waals surface area contributed by atoms with Crippen molar-refractivity contribution in [2.24, 2.45) is 0 Å². The van der Waals surface area contributed by atoms with Gasteiger partial charge < -0.3 is 19.5 Å². The summed E-state index contributed by atoms with van der Waals surface area (Å²) in [6, 6.07) is 5.71. The minimum absolute atomic E-state index is 0.243. The first kappa shape index (κ1) is 18.2. The van der Waals surface area contributed by atoms with Crippen LogP contribution < -0.4 is 9.64 Å². The van der Waals surface area contributed by atoms with Crippen molar-refractivity contribution in [1.82, 2.24) is 0 Å². The molecule has 3 rings (SSSR count). The fraction of sp³-hybridized carbons (Fsp3) is 0.368. The molecular weight excluding hydrogens is 352 g/mol. The second-order valence-corrected chi connectivity index (χ2v) is 7.05. The molecule has 2 heterocycles. The predicted octanol–water partition coefficient (Wildman–Crippen LogP) is 3.74. The first-order valence-corrected chi connectivity index (χ1v) is 9.09. The van der Waals surface area contributed by atoms with Gasteiger partial charge in [-0.1, -0.05) is 6.07 Å². The molecule has 7 heteroatoms. The Morgan fingerprint density at radius 3 is 2.73 bits per heavy atom. The van der Waals surface area contributed by atoms with Crippen molar-refractivity contribution in [2.45, 2.75) is 13.3 Å². The van der Waals surface area contributed by atoms with Crippen LogP contribution >= 0.6 is 11.3 Å². The molecule has 1 aliphatic rings. The fourth-order valence-electron chi connectivity index (χ4n) is 3.06. The normalized spacial score (nSPS) is 14.1. The van der Waals surface area contributed by atoms with Gasteiger partial charge in [0.2, 0.25) is 5.69 Å². The van der Waals surface area contributed by atoms with E-state index in [1.54, 1.807) is 7.11 Å². The summed E-state index contributed by atoms with van der Waals surface area (Å²) >= 11 is 1.19. The van der Waals surface area contributed by atoms with E-state index in [2.05, 4.69) is 9.74 Å². The van der Waals surface area contributed by atoms with Crippen molar-refractivity contribution >= 4 is 28.0 Å². The van der Waals surface area contributed by atoms with Crippen LogP contribution in [0.25, 0.3) is 4.85 Å². The van der Waals surface area contributed by atoms with Crippen molar-refractivity contribution in [2.75, 3.05) is 38.3 Å². The molecule has 1 aliphatic heterocycles. The molecule has 0 atom stereocenters. The van der Waals surface area contributed by atoms with Gasteiger partial charge in [0, 0.05) is 13.1 Å². The molecule has 136 valence electrons. The Labute approximate surface area is 156 Å². The van der Waals surface area contributed by atoms with Gasteiger partial charge in [-0.25, -0.2) is 9.64 Å².